The summed E-state index contributed by atoms with van der Waals surface area (Å²) in [4.78, 5) is 4.49. The largest absolute Gasteiger partial charge is 0.344 e. The summed E-state index contributed by atoms with van der Waals surface area (Å²) in [6, 6.07) is 15.9. The van der Waals surface area contributed by atoms with E-state index in [4.69, 9.17) is 0 Å². The van der Waals surface area contributed by atoms with Crippen molar-refractivity contribution in [2.75, 3.05) is 5.32 Å². The van der Waals surface area contributed by atoms with E-state index in [9.17, 15) is 0 Å². The monoisotopic (exact) mass is 366 g/mol. The van der Waals surface area contributed by atoms with E-state index in [1.807, 2.05) is 55.5 Å². The lowest BCUT2D eigenvalue weighted by Crippen LogP contribution is -2.06. The molecule has 2 aromatic carbocycles. The van der Waals surface area contributed by atoms with Gasteiger partial charge in [-0.15, -0.1) is 0 Å². The molecule has 0 fully saturated rings. The number of rotatable bonds is 2. The second-order valence-electron chi connectivity index (χ2n) is 3.81. The quantitative estimate of drug-likeness (QED) is 0.559. The number of hydrogen-bond acceptors (Lipinski definition) is 1. The van der Waals surface area contributed by atoms with Crippen LogP contribution in [0.3, 0.4) is 0 Å². The summed E-state index contributed by atoms with van der Waals surface area (Å²) in [5, 5.41) is 3.25. The van der Waals surface area contributed by atoms with Crippen molar-refractivity contribution in [3.63, 3.8) is 0 Å². The van der Waals surface area contributed by atoms with Gasteiger partial charge in [0.05, 0.1) is 5.69 Å². The summed E-state index contributed by atoms with van der Waals surface area (Å²) >= 11 is 6.81. The van der Waals surface area contributed by atoms with Crippen molar-refractivity contribution in [1.29, 1.82) is 0 Å². The topological polar surface area (TPSA) is 24.4 Å². The van der Waals surface area contributed by atoms with Crippen molar-refractivity contribution >= 4 is 49.1 Å². The van der Waals surface area contributed by atoms with Gasteiger partial charge in [-0.1, -0.05) is 31.9 Å². The number of aliphatic imine (C=N–C) groups is 1. The zero-order chi connectivity index (χ0) is 13.0. The Morgan fingerprint density at radius 3 is 1.94 bits per heavy atom. The Kier molecular flexibility index (Phi) is 4.55. The van der Waals surface area contributed by atoms with Crippen LogP contribution in [0, 0.1) is 0 Å². The first kappa shape index (κ1) is 13.3. The second kappa shape index (κ2) is 6.16. The van der Waals surface area contributed by atoms with Crippen LogP contribution < -0.4 is 5.32 Å². The van der Waals surface area contributed by atoms with Crippen LogP contribution in [-0.4, -0.2) is 5.84 Å². The van der Waals surface area contributed by atoms with Crippen molar-refractivity contribution in [2.24, 2.45) is 4.99 Å². The SMILES string of the molecule is C/C(=N\c1ccc(Br)cc1)Nc1ccc(Br)cc1. The van der Waals surface area contributed by atoms with E-state index < -0.39 is 0 Å². The highest BCUT2D eigenvalue weighted by Gasteiger charge is 1.95. The molecule has 0 saturated carbocycles. The van der Waals surface area contributed by atoms with Crippen LogP contribution in [0.4, 0.5) is 11.4 Å². The van der Waals surface area contributed by atoms with E-state index in [2.05, 4.69) is 42.2 Å². The smallest absolute Gasteiger partial charge is 0.103 e. The van der Waals surface area contributed by atoms with Crippen LogP contribution in [0.1, 0.15) is 6.92 Å². The molecule has 2 aromatic rings. The summed E-state index contributed by atoms with van der Waals surface area (Å²) in [5.74, 6) is 0.861. The second-order valence-corrected chi connectivity index (χ2v) is 5.64. The van der Waals surface area contributed by atoms with E-state index in [0.717, 1.165) is 26.2 Å². The number of halogens is 2. The van der Waals surface area contributed by atoms with Gasteiger partial charge in [0, 0.05) is 14.6 Å². The molecule has 0 aliphatic carbocycles. The fraction of sp³-hybridized carbons (Fsp3) is 0.0714. The van der Waals surface area contributed by atoms with E-state index in [0.29, 0.717) is 0 Å². The summed E-state index contributed by atoms with van der Waals surface area (Å²) in [6.07, 6.45) is 0. The summed E-state index contributed by atoms with van der Waals surface area (Å²) < 4.78 is 2.12. The molecule has 4 heteroatoms. The zero-order valence-electron chi connectivity index (χ0n) is 9.82. The number of benzene rings is 2. The van der Waals surface area contributed by atoms with Crippen LogP contribution in [-0.2, 0) is 0 Å². The fourth-order valence-electron chi connectivity index (χ4n) is 1.48. The van der Waals surface area contributed by atoms with Gasteiger partial charge in [-0.25, -0.2) is 4.99 Å². The molecule has 0 atom stereocenters. The first-order chi connectivity index (χ1) is 8.63. The Labute approximate surface area is 123 Å². The van der Waals surface area contributed by atoms with Crippen LogP contribution in [0.15, 0.2) is 62.5 Å². The molecule has 0 radical (unpaired) electrons. The molecular weight excluding hydrogens is 356 g/mol. The van der Waals surface area contributed by atoms with Gasteiger partial charge < -0.3 is 5.32 Å². The van der Waals surface area contributed by atoms with Gasteiger partial charge in [-0.2, -0.15) is 0 Å². The molecule has 2 rings (SSSR count). The maximum atomic E-state index is 4.49. The number of nitrogens with zero attached hydrogens (tertiary/aromatic N) is 1. The van der Waals surface area contributed by atoms with Gasteiger partial charge in [0.15, 0.2) is 0 Å². The average molecular weight is 368 g/mol. The Morgan fingerprint density at radius 1 is 0.889 bits per heavy atom. The Bertz CT molecular complexity index is 545. The van der Waals surface area contributed by atoms with Gasteiger partial charge in [-0.05, 0) is 55.5 Å². The number of hydrogen-bond donors (Lipinski definition) is 1. The van der Waals surface area contributed by atoms with Crippen molar-refractivity contribution in [2.45, 2.75) is 6.92 Å². The molecule has 0 saturated heterocycles. The lowest BCUT2D eigenvalue weighted by molar-refractivity contribution is 1.45. The predicted octanol–water partition coefficient (Wildman–Crippen LogP) is 5.37. The summed E-state index contributed by atoms with van der Waals surface area (Å²) in [5.41, 5.74) is 1.96. The standard InChI is InChI=1S/C14H12Br2N2/c1-10(17-13-6-2-11(15)3-7-13)18-14-8-4-12(16)5-9-14/h2-9H,1H3,(H,17,18). The maximum absolute atomic E-state index is 4.49. The van der Waals surface area contributed by atoms with E-state index in [1.54, 1.807) is 0 Å². The highest BCUT2D eigenvalue weighted by Crippen LogP contribution is 2.18. The van der Waals surface area contributed by atoms with Crippen LogP contribution >= 0.6 is 31.9 Å². The normalized spacial score (nSPS) is 11.4. The van der Waals surface area contributed by atoms with Gasteiger partial charge >= 0.3 is 0 Å². The zero-order valence-corrected chi connectivity index (χ0v) is 13.0. The number of amidine groups is 1. The molecule has 0 amide bonds. The average Bonchev–Trinajstić information content (AvgIpc) is 2.35. The van der Waals surface area contributed by atoms with Crippen molar-refractivity contribution in [3.8, 4) is 0 Å². The van der Waals surface area contributed by atoms with E-state index in [-0.39, 0.29) is 0 Å². The Morgan fingerprint density at radius 2 is 1.39 bits per heavy atom. The van der Waals surface area contributed by atoms with Crippen molar-refractivity contribution < 1.29 is 0 Å². The lowest BCUT2D eigenvalue weighted by atomic mass is 10.3. The third kappa shape index (κ3) is 3.96. The van der Waals surface area contributed by atoms with Crippen LogP contribution in [0.5, 0.6) is 0 Å². The molecule has 0 aromatic heterocycles. The Hall–Kier alpha value is -1.13. The van der Waals surface area contributed by atoms with Gasteiger partial charge in [0.2, 0.25) is 0 Å². The first-order valence-corrected chi connectivity index (χ1v) is 7.05. The van der Waals surface area contributed by atoms with E-state index >= 15 is 0 Å². The summed E-state index contributed by atoms with van der Waals surface area (Å²) in [6.45, 7) is 1.95. The Balaban J connectivity index is 2.09. The molecule has 1 N–H and O–H groups in total. The third-order valence-corrected chi connectivity index (χ3v) is 3.35. The lowest BCUT2D eigenvalue weighted by Gasteiger charge is -2.05. The molecule has 0 unspecified atom stereocenters. The summed E-state index contributed by atoms with van der Waals surface area (Å²) in [7, 11) is 0. The van der Waals surface area contributed by atoms with Crippen molar-refractivity contribution in [3.05, 3.63) is 57.5 Å². The molecule has 18 heavy (non-hydrogen) atoms. The maximum Gasteiger partial charge on any atom is 0.103 e. The van der Waals surface area contributed by atoms with Gasteiger partial charge in [0.1, 0.15) is 5.84 Å². The minimum atomic E-state index is 0.861. The molecule has 0 spiro atoms. The highest BCUT2D eigenvalue weighted by molar-refractivity contribution is 9.10. The minimum absolute atomic E-state index is 0.861. The van der Waals surface area contributed by atoms with E-state index in [1.165, 1.54) is 0 Å². The molecule has 0 heterocycles. The molecular formula is C14H12Br2N2. The highest BCUT2D eigenvalue weighted by atomic mass is 79.9. The van der Waals surface area contributed by atoms with Crippen LogP contribution in [0.25, 0.3) is 0 Å². The molecule has 0 bridgehead atoms. The number of anilines is 1. The minimum Gasteiger partial charge on any atom is -0.344 e. The number of nitrogens with one attached hydrogen (secondary N) is 1. The fourth-order valence-corrected chi connectivity index (χ4v) is 2.01. The molecule has 92 valence electrons. The van der Waals surface area contributed by atoms with Gasteiger partial charge in [0.25, 0.3) is 0 Å². The van der Waals surface area contributed by atoms with Crippen molar-refractivity contribution in [1.82, 2.24) is 0 Å². The molecule has 0 aliphatic heterocycles. The van der Waals surface area contributed by atoms with Crippen LogP contribution in [0.2, 0.25) is 0 Å². The first-order valence-electron chi connectivity index (χ1n) is 5.47. The third-order valence-electron chi connectivity index (χ3n) is 2.29. The molecule has 0 aliphatic rings. The predicted molar refractivity (Wildman–Crippen MR) is 84.7 cm³/mol. The van der Waals surface area contributed by atoms with Gasteiger partial charge in [-0.3, -0.25) is 0 Å². The molecule has 2 nitrogen and oxygen atoms in total.